The number of hydrogen-bond donors (Lipinski definition) is 1. The normalized spacial score (nSPS) is 25.1. The molecule has 0 saturated heterocycles. The topological polar surface area (TPSA) is 55.1 Å². The van der Waals surface area contributed by atoms with Crippen molar-refractivity contribution in [1.29, 1.82) is 0 Å². The lowest BCUT2D eigenvalue weighted by atomic mass is 9.87. The zero-order valence-electron chi connectivity index (χ0n) is 14.5. The van der Waals surface area contributed by atoms with Crippen molar-refractivity contribution in [2.45, 2.75) is 69.9 Å². The fourth-order valence-corrected chi connectivity index (χ4v) is 4.06. The van der Waals surface area contributed by atoms with E-state index in [0.717, 1.165) is 43.0 Å². The van der Waals surface area contributed by atoms with Gasteiger partial charge in [0.25, 0.3) is 0 Å². The van der Waals surface area contributed by atoms with E-state index in [0.29, 0.717) is 12.0 Å². The number of carbonyl (C=O) groups excluding carboxylic acids is 1. The van der Waals surface area contributed by atoms with E-state index in [2.05, 4.69) is 23.0 Å². The third kappa shape index (κ3) is 2.88. The fourth-order valence-electron chi connectivity index (χ4n) is 4.06. The maximum absolute atomic E-state index is 10.9. The number of hydrogen-bond acceptors (Lipinski definition) is 3. The molecule has 128 valence electrons. The second-order valence-corrected chi connectivity index (χ2v) is 8.15. The Balaban J connectivity index is 1.69. The minimum absolute atomic E-state index is 0.231. The molecule has 0 atom stereocenters. The summed E-state index contributed by atoms with van der Waals surface area (Å²) in [7, 11) is 0. The predicted molar refractivity (Wildman–Crippen MR) is 94.0 cm³/mol. The first kappa shape index (κ1) is 15.8. The van der Waals surface area contributed by atoms with Crippen LogP contribution in [0, 0.1) is 5.92 Å². The van der Waals surface area contributed by atoms with Gasteiger partial charge in [0.15, 0.2) is 0 Å². The van der Waals surface area contributed by atoms with Crippen molar-refractivity contribution in [3.63, 3.8) is 0 Å². The Labute approximate surface area is 142 Å². The van der Waals surface area contributed by atoms with Gasteiger partial charge in [0.2, 0.25) is 0 Å². The van der Waals surface area contributed by atoms with E-state index in [4.69, 9.17) is 5.10 Å². The van der Waals surface area contributed by atoms with E-state index in [-0.39, 0.29) is 5.92 Å². The lowest BCUT2D eigenvalue weighted by Gasteiger charge is -2.25. The average molecular weight is 326 g/mol. The first-order valence-electron chi connectivity index (χ1n) is 9.16. The fraction of sp³-hybridized carbons (Fsp3) is 0.600. The highest BCUT2D eigenvalue weighted by atomic mass is 16.3. The second-order valence-electron chi connectivity index (χ2n) is 8.15. The van der Waals surface area contributed by atoms with Crippen molar-refractivity contribution in [2.75, 3.05) is 0 Å². The van der Waals surface area contributed by atoms with Gasteiger partial charge in [-0.15, -0.1) is 0 Å². The van der Waals surface area contributed by atoms with Gasteiger partial charge in [-0.1, -0.05) is 0 Å². The highest BCUT2D eigenvalue weighted by Gasteiger charge is 2.31. The van der Waals surface area contributed by atoms with E-state index in [9.17, 15) is 9.90 Å². The Morgan fingerprint density at radius 2 is 1.88 bits per heavy atom. The molecule has 0 unspecified atom stereocenters. The van der Waals surface area contributed by atoms with Gasteiger partial charge in [0.05, 0.1) is 17.2 Å². The monoisotopic (exact) mass is 326 g/mol. The Kier molecular flexibility index (Phi) is 3.75. The Morgan fingerprint density at radius 1 is 1.17 bits per heavy atom. The third-order valence-corrected chi connectivity index (χ3v) is 5.68. The smallest absolute Gasteiger partial charge is 0.123 e. The van der Waals surface area contributed by atoms with Crippen molar-refractivity contribution in [3.05, 3.63) is 29.5 Å². The molecule has 0 radical (unpaired) electrons. The molecule has 2 aromatic rings. The van der Waals surface area contributed by atoms with Gasteiger partial charge in [-0.3, -0.25) is 4.68 Å². The Bertz CT molecular complexity index is 760. The SMILES string of the molecule is CC(C)(O)c1cc2nn(C3CCC(C=O)CC3)cc2cc1C1CC1. The van der Waals surface area contributed by atoms with Gasteiger partial charge in [-0.25, -0.2) is 0 Å². The van der Waals surface area contributed by atoms with Gasteiger partial charge in [-0.05, 0) is 81.5 Å². The molecule has 1 N–H and O–H groups in total. The van der Waals surface area contributed by atoms with Crippen LogP contribution in [0.25, 0.3) is 10.9 Å². The lowest BCUT2D eigenvalue weighted by molar-refractivity contribution is -0.112. The van der Waals surface area contributed by atoms with Crippen LogP contribution < -0.4 is 0 Å². The van der Waals surface area contributed by atoms with Crippen LogP contribution in [-0.2, 0) is 10.4 Å². The van der Waals surface area contributed by atoms with Crippen molar-refractivity contribution < 1.29 is 9.90 Å². The Hall–Kier alpha value is -1.68. The van der Waals surface area contributed by atoms with Crippen LogP contribution in [0.15, 0.2) is 18.3 Å². The number of nitrogens with zero attached hydrogens (tertiary/aromatic N) is 2. The van der Waals surface area contributed by atoms with Crippen LogP contribution in [0.1, 0.15) is 75.5 Å². The van der Waals surface area contributed by atoms with Crippen molar-refractivity contribution in [2.24, 2.45) is 5.92 Å². The molecule has 2 saturated carbocycles. The molecule has 1 aromatic carbocycles. The summed E-state index contributed by atoms with van der Waals surface area (Å²) in [4.78, 5) is 10.9. The zero-order chi connectivity index (χ0) is 16.9. The first-order valence-corrected chi connectivity index (χ1v) is 9.16. The third-order valence-electron chi connectivity index (χ3n) is 5.68. The number of aliphatic hydroxyl groups is 1. The minimum atomic E-state index is -0.835. The number of aldehydes is 1. The summed E-state index contributed by atoms with van der Waals surface area (Å²) in [5.74, 6) is 0.830. The van der Waals surface area contributed by atoms with Crippen LogP contribution in [0.3, 0.4) is 0 Å². The van der Waals surface area contributed by atoms with Crippen molar-refractivity contribution >= 4 is 17.2 Å². The van der Waals surface area contributed by atoms with Crippen LogP contribution in [0.5, 0.6) is 0 Å². The van der Waals surface area contributed by atoms with Crippen LogP contribution in [0.2, 0.25) is 0 Å². The minimum Gasteiger partial charge on any atom is -0.386 e. The van der Waals surface area contributed by atoms with Gasteiger partial charge in [-0.2, -0.15) is 5.10 Å². The van der Waals surface area contributed by atoms with E-state index < -0.39 is 5.60 Å². The van der Waals surface area contributed by atoms with Gasteiger partial charge >= 0.3 is 0 Å². The van der Waals surface area contributed by atoms with E-state index >= 15 is 0 Å². The molecule has 1 heterocycles. The van der Waals surface area contributed by atoms with Crippen LogP contribution in [0.4, 0.5) is 0 Å². The van der Waals surface area contributed by atoms with Crippen LogP contribution in [-0.4, -0.2) is 21.2 Å². The average Bonchev–Trinajstić information content (AvgIpc) is 3.32. The second kappa shape index (κ2) is 5.69. The first-order chi connectivity index (χ1) is 11.5. The molecule has 2 aliphatic rings. The summed E-state index contributed by atoms with van der Waals surface area (Å²) >= 11 is 0. The van der Waals surface area contributed by atoms with Gasteiger partial charge < -0.3 is 9.90 Å². The molecule has 2 fully saturated rings. The molecule has 24 heavy (non-hydrogen) atoms. The number of aromatic nitrogens is 2. The van der Waals surface area contributed by atoms with Crippen LogP contribution >= 0.6 is 0 Å². The van der Waals surface area contributed by atoms with Gasteiger partial charge in [0.1, 0.15) is 6.29 Å². The summed E-state index contributed by atoms with van der Waals surface area (Å²) in [6.45, 7) is 3.72. The molecule has 0 aliphatic heterocycles. The number of carbonyl (C=O) groups is 1. The standard InChI is InChI=1S/C20H26N2O2/c1-20(2,24)18-10-19-15(9-17(18)14-5-6-14)11-22(21-19)16-7-3-13(12-23)4-8-16/h9-14,16,24H,3-8H2,1-2H3. The summed E-state index contributed by atoms with van der Waals surface area (Å²) in [6.07, 6.45) is 9.67. The molecule has 0 bridgehead atoms. The summed E-state index contributed by atoms with van der Waals surface area (Å²) in [5.41, 5.74) is 2.44. The van der Waals surface area contributed by atoms with Crippen molar-refractivity contribution in [1.82, 2.24) is 9.78 Å². The number of fused-ring (bicyclic) bond motifs is 1. The maximum atomic E-state index is 10.9. The summed E-state index contributed by atoms with van der Waals surface area (Å²) in [5, 5.41) is 16.5. The molecular weight excluding hydrogens is 300 g/mol. The highest BCUT2D eigenvalue weighted by Crippen LogP contribution is 2.45. The number of benzene rings is 1. The van der Waals surface area contributed by atoms with Crippen molar-refractivity contribution in [3.8, 4) is 0 Å². The Morgan fingerprint density at radius 3 is 2.46 bits per heavy atom. The highest BCUT2D eigenvalue weighted by molar-refractivity contribution is 5.80. The predicted octanol–water partition coefficient (Wildman–Crippen LogP) is 4.07. The molecule has 1 aromatic heterocycles. The summed E-state index contributed by atoms with van der Waals surface area (Å²) in [6, 6.07) is 4.71. The zero-order valence-corrected chi connectivity index (χ0v) is 14.5. The summed E-state index contributed by atoms with van der Waals surface area (Å²) < 4.78 is 2.09. The lowest BCUT2D eigenvalue weighted by Crippen LogP contribution is -2.19. The molecule has 0 amide bonds. The molecule has 4 heteroatoms. The molecule has 0 spiro atoms. The molecular formula is C20H26N2O2. The largest absolute Gasteiger partial charge is 0.386 e. The quantitative estimate of drug-likeness (QED) is 0.862. The van der Waals surface area contributed by atoms with E-state index in [1.807, 2.05) is 13.8 Å². The molecule has 4 rings (SSSR count). The molecule has 2 aliphatic carbocycles. The van der Waals surface area contributed by atoms with E-state index in [1.165, 1.54) is 23.8 Å². The number of rotatable bonds is 4. The molecule has 4 nitrogen and oxygen atoms in total. The maximum Gasteiger partial charge on any atom is 0.123 e. The van der Waals surface area contributed by atoms with Gasteiger partial charge in [0, 0.05) is 17.5 Å². The van der Waals surface area contributed by atoms with E-state index in [1.54, 1.807) is 0 Å².